The minimum absolute atomic E-state index is 0.288. The van der Waals surface area contributed by atoms with Crippen LogP contribution in [-0.2, 0) is 6.61 Å². The fourth-order valence-electron chi connectivity index (χ4n) is 1.92. The number of hydrogen-bond donors (Lipinski definition) is 0. The Kier molecular flexibility index (Phi) is 3.25. The van der Waals surface area contributed by atoms with Crippen molar-refractivity contribution >= 4 is 10.9 Å². The summed E-state index contributed by atoms with van der Waals surface area (Å²) in [5.74, 6) is 0.338. The maximum Gasteiger partial charge on any atom is 0.232 e. The summed E-state index contributed by atoms with van der Waals surface area (Å²) in [4.78, 5) is 8.56. The highest BCUT2D eigenvalue weighted by Gasteiger charge is 2.05. The molecule has 0 radical (unpaired) electrons. The first-order chi connectivity index (χ1) is 9.86. The van der Waals surface area contributed by atoms with Gasteiger partial charge in [-0.05, 0) is 24.3 Å². The number of hydrogen-bond acceptors (Lipinski definition) is 4. The molecular formula is C16H11N3O. The van der Waals surface area contributed by atoms with E-state index in [1.807, 2.05) is 36.4 Å². The maximum absolute atomic E-state index is 8.97. The highest BCUT2D eigenvalue weighted by Crippen LogP contribution is 2.16. The Labute approximate surface area is 116 Å². The van der Waals surface area contributed by atoms with E-state index in [-0.39, 0.29) is 6.61 Å². The van der Waals surface area contributed by atoms with E-state index in [0.717, 1.165) is 16.6 Å². The van der Waals surface area contributed by atoms with Gasteiger partial charge in [0.15, 0.2) is 0 Å². The topological polar surface area (TPSA) is 58.8 Å². The average Bonchev–Trinajstić information content (AvgIpc) is 2.53. The van der Waals surface area contributed by atoms with Crippen LogP contribution in [0.15, 0.2) is 54.7 Å². The molecule has 0 spiro atoms. The van der Waals surface area contributed by atoms with E-state index < -0.39 is 0 Å². The second-order valence-electron chi connectivity index (χ2n) is 4.25. The van der Waals surface area contributed by atoms with Crippen LogP contribution in [0.2, 0.25) is 0 Å². The largest absolute Gasteiger partial charge is 0.470 e. The highest BCUT2D eigenvalue weighted by molar-refractivity contribution is 5.78. The molecule has 0 aliphatic rings. The van der Waals surface area contributed by atoms with Crippen molar-refractivity contribution in [2.24, 2.45) is 0 Å². The van der Waals surface area contributed by atoms with Crippen LogP contribution in [0.4, 0.5) is 0 Å². The predicted octanol–water partition coefficient (Wildman–Crippen LogP) is 3.08. The monoisotopic (exact) mass is 261 g/mol. The second-order valence-corrected chi connectivity index (χ2v) is 4.25. The van der Waals surface area contributed by atoms with Gasteiger partial charge in [-0.25, -0.2) is 9.97 Å². The van der Waals surface area contributed by atoms with E-state index in [4.69, 9.17) is 10.00 Å². The Bertz CT molecular complexity index is 793. The van der Waals surface area contributed by atoms with Gasteiger partial charge in [-0.15, -0.1) is 0 Å². The zero-order chi connectivity index (χ0) is 13.8. The minimum atomic E-state index is 0.288. The highest BCUT2D eigenvalue weighted by atomic mass is 16.5. The summed E-state index contributed by atoms with van der Waals surface area (Å²) in [5, 5.41) is 10.1. The van der Waals surface area contributed by atoms with Gasteiger partial charge >= 0.3 is 0 Å². The van der Waals surface area contributed by atoms with Crippen molar-refractivity contribution in [1.29, 1.82) is 5.26 Å². The Balaban J connectivity index is 1.82. The van der Waals surface area contributed by atoms with Crippen LogP contribution >= 0.6 is 0 Å². The first-order valence-electron chi connectivity index (χ1n) is 6.19. The van der Waals surface area contributed by atoms with Crippen molar-refractivity contribution in [1.82, 2.24) is 9.97 Å². The predicted molar refractivity (Wildman–Crippen MR) is 75.0 cm³/mol. The van der Waals surface area contributed by atoms with Crippen molar-refractivity contribution in [3.63, 3.8) is 0 Å². The zero-order valence-corrected chi connectivity index (χ0v) is 10.7. The van der Waals surface area contributed by atoms with E-state index in [1.165, 1.54) is 0 Å². The summed E-state index contributed by atoms with van der Waals surface area (Å²) in [6.07, 6.45) is 1.60. The van der Waals surface area contributed by atoms with Gasteiger partial charge in [-0.3, -0.25) is 0 Å². The summed E-state index contributed by atoms with van der Waals surface area (Å²) in [6.45, 7) is 0.288. The van der Waals surface area contributed by atoms with Gasteiger partial charge in [0, 0.05) is 11.6 Å². The lowest BCUT2D eigenvalue weighted by molar-refractivity contribution is 0.289. The van der Waals surface area contributed by atoms with Crippen molar-refractivity contribution < 1.29 is 4.74 Å². The van der Waals surface area contributed by atoms with Crippen LogP contribution in [0.5, 0.6) is 5.88 Å². The minimum Gasteiger partial charge on any atom is -0.470 e. The molecule has 0 unspecified atom stereocenters. The van der Waals surface area contributed by atoms with Crippen molar-refractivity contribution in [3.8, 4) is 11.9 Å². The number of benzene rings is 1. The van der Waals surface area contributed by atoms with E-state index in [0.29, 0.717) is 11.4 Å². The average molecular weight is 261 g/mol. The van der Waals surface area contributed by atoms with E-state index >= 15 is 0 Å². The van der Waals surface area contributed by atoms with Gasteiger partial charge < -0.3 is 4.74 Å². The molecule has 0 aliphatic carbocycles. The molecule has 0 fully saturated rings. The molecule has 0 atom stereocenters. The van der Waals surface area contributed by atoms with E-state index in [2.05, 4.69) is 16.0 Å². The third kappa shape index (κ3) is 2.43. The first kappa shape index (κ1) is 12.1. The summed E-state index contributed by atoms with van der Waals surface area (Å²) >= 11 is 0. The number of fused-ring (bicyclic) bond motifs is 1. The molecule has 0 amide bonds. The van der Waals surface area contributed by atoms with Gasteiger partial charge in [0.05, 0.1) is 11.2 Å². The van der Waals surface area contributed by atoms with Crippen molar-refractivity contribution in [2.75, 3.05) is 0 Å². The third-order valence-corrected chi connectivity index (χ3v) is 2.90. The van der Waals surface area contributed by atoms with Gasteiger partial charge in [0.2, 0.25) is 5.88 Å². The Hall–Kier alpha value is -2.93. The fraction of sp³-hybridized carbons (Fsp3) is 0.0625. The van der Waals surface area contributed by atoms with E-state index in [9.17, 15) is 0 Å². The maximum atomic E-state index is 8.97. The van der Waals surface area contributed by atoms with Gasteiger partial charge in [0.25, 0.3) is 0 Å². The molecule has 0 N–H and O–H groups in total. The molecule has 4 nitrogen and oxygen atoms in total. The first-order valence-corrected chi connectivity index (χ1v) is 6.19. The lowest BCUT2D eigenvalue weighted by Gasteiger charge is -2.06. The number of ether oxygens (including phenoxy) is 1. The van der Waals surface area contributed by atoms with Crippen LogP contribution in [0, 0.1) is 11.3 Å². The Morgan fingerprint density at radius 3 is 2.85 bits per heavy atom. The summed E-state index contributed by atoms with van der Waals surface area (Å²) in [7, 11) is 0. The molecule has 0 aliphatic heterocycles. The third-order valence-electron chi connectivity index (χ3n) is 2.90. The lowest BCUT2D eigenvalue weighted by Crippen LogP contribution is -2.01. The molecule has 3 rings (SSSR count). The number of pyridine rings is 2. The molecule has 2 aromatic heterocycles. The number of nitriles is 1. The quantitative estimate of drug-likeness (QED) is 0.727. The number of rotatable bonds is 3. The normalized spacial score (nSPS) is 10.2. The van der Waals surface area contributed by atoms with Crippen molar-refractivity contribution in [3.05, 3.63) is 66.0 Å². The van der Waals surface area contributed by atoms with Crippen LogP contribution < -0.4 is 4.74 Å². The number of nitrogens with zero attached hydrogens (tertiary/aromatic N) is 3. The number of para-hydroxylation sites is 1. The summed E-state index contributed by atoms with van der Waals surface area (Å²) in [5.41, 5.74) is 2.15. The molecule has 96 valence electrons. The van der Waals surface area contributed by atoms with Gasteiger partial charge in [-0.1, -0.05) is 24.3 Å². The van der Waals surface area contributed by atoms with Crippen LogP contribution in [0.1, 0.15) is 11.3 Å². The molecule has 20 heavy (non-hydrogen) atoms. The lowest BCUT2D eigenvalue weighted by atomic mass is 10.2. The number of aromatic nitrogens is 2. The van der Waals surface area contributed by atoms with Crippen molar-refractivity contribution in [2.45, 2.75) is 6.61 Å². The molecule has 2 heterocycles. The smallest absolute Gasteiger partial charge is 0.232 e. The van der Waals surface area contributed by atoms with Crippen LogP contribution in [0.3, 0.4) is 0 Å². The van der Waals surface area contributed by atoms with Crippen LogP contribution in [-0.4, -0.2) is 9.97 Å². The molecule has 3 aromatic rings. The zero-order valence-electron chi connectivity index (χ0n) is 10.7. The van der Waals surface area contributed by atoms with Gasteiger partial charge in [0.1, 0.15) is 18.2 Å². The Morgan fingerprint density at radius 1 is 1.05 bits per heavy atom. The molecule has 4 heteroatoms. The molecule has 1 aromatic carbocycles. The SMILES string of the molecule is N#Cc1cccnc1OCc1ccc2ccccc2n1. The summed E-state index contributed by atoms with van der Waals surface area (Å²) < 4.78 is 5.57. The molecular weight excluding hydrogens is 250 g/mol. The molecule has 0 saturated carbocycles. The fourth-order valence-corrected chi connectivity index (χ4v) is 1.92. The second kappa shape index (κ2) is 5.37. The Morgan fingerprint density at radius 2 is 1.95 bits per heavy atom. The van der Waals surface area contributed by atoms with Gasteiger partial charge in [-0.2, -0.15) is 5.26 Å². The summed E-state index contributed by atoms with van der Waals surface area (Å²) in [6, 6.07) is 17.3. The molecule has 0 bridgehead atoms. The van der Waals surface area contributed by atoms with Crippen LogP contribution in [0.25, 0.3) is 10.9 Å². The standard InChI is InChI=1S/C16H11N3O/c17-10-13-5-3-9-18-16(13)20-11-14-8-7-12-4-1-2-6-15(12)19-14/h1-9H,11H2. The molecule has 0 saturated heterocycles. The van der Waals surface area contributed by atoms with E-state index in [1.54, 1.807) is 18.3 Å².